The van der Waals surface area contributed by atoms with E-state index in [1.807, 2.05) is 13.0 Å². The average molecular weight is 363 g/mol. The first-order valence-corrected chi connectivity index (χ1v) is 9.32. The summed E-state index contributed by atoms with van der Waals surface area (Å²) in [4.78, 5) is 14.2. The quantitative estimate of drug-likeness (QED) is 0.904. The summed E-state index contributed by atoms with van der Waals surface area (Å²) in [5.41, 5.74) is 1.36. The van der Waals surface area contributed by atoms with Crippen molar-refractivity contribution in [2.24, 2.45) is 0 Å². The zero-order valence-electron chi connectivity index (χ0n) is 13.7. The molecule has 2 aromatic rings. The van der Waals surface area contributed by atoms with Gasteiger partial charge in [-0.05, 0) is 37.6 Å². The van der Waals surface area contributed by atoms with Crippen LogP contribution in [-0.4, -0.2) is 33.3 Å². The van der Waals surface area contributed by atoms with Gasteiger partial charge in [0.1, 0.15) is 11.1 Å². The van der Waals surface area contributed by atoms with Crippen molar-refractivity contribution in [2.45, 2.75) is 18.7 Å². The molecular formula is C16H17N3O3S2. The summed E-state index contributed by atoms with van der Waals surface area (Å²) in [5, 5.41) is 9.52. The molecule has 0 radical (unpaired) electrons. The highest BCUT2D eigenvalue weighted by molar-refractivity contribution is 7.93. The normalized spacial score (nSPS) is 11.0. The van der Waals surface area contributed by atoms with Crippen molar-refractivity contribution in [3.05, 3.63) is 45.8 Å². The molecular weight excluding hydrogens is 346 g/mol. The smallest absolute Gasteiger partial charge is 0.262 e. The van der Waals surface area contributed by atoms with E-state index in [1.165, 1.54) is 34.4 Å². The molecule has 0 unspecified atom stereocenters. The van der Waals surface area contributed by atoms with Crippen LogP contribution >= 0.6 is 11.3 Å². The van der Waals surface area contributed by atoms with Crippen molar-refractivity contribution < 1.29 is 13.2 Å². The first-order chi connectivity index (χ1) is 11.2. The Morgan fingerprint density at radius 2 is 1.96 bits per heavy atom. The molecule has 0 aliphatic rings. The molecule has 0 atom stereocenters. The van der Waals surface area contributed by atoms with Crippen LogP contribution in [0.4, 0.5) is 5.00 Å². The third kappa shape index (κ3) is 3.42. The maximum Gasteiger partial charge on any atom is 0.262 e. The second-order valence-electron chi connectivity index (χ2n) is 5.43. The number of hydrogen-bond acceptors (Lipinski definition) is 5. The van der Waals surface area contributed by atoms with E-state index >= 15 is 0 Å². The first-order valence-electron chi connectivity index (χ1n) is 7.02. The fourth-order valence-corrected chi connectivity index (χ4v) is 4.43. The number of rotatable bonds is 4. The number of carbonyl (C=O) groups excluding carboxylic acids is 1. The lowest BCUT2D eigenvalue weighted by molar-refractivity contribution is 0.0827. The highest BCUT2D eigenvalue weighted by atomic mass is 32.2. The minimum atomic E-state index is -3.89. The molecule has 126 valence electrons. The van der Waals surface area contributed by atoms with E-state index in [0.29, 0.717) is 5.56 Å². The summed E-state index contributed by atoms with van der Waals surface area (Å²) >= 11 is 1.21. The predicted octanol–water partition coefficient (Wildman–Crippen LogP) is 2.74. The molecule has 6 nitrogen and oxygen atoms in total. The number of anilines is 1. The molecule has 1 aromatic carbocycles. The molecule has 0 aliphatic carbocycles. The van der Waals surface area contributed by atoms with Crippen LogP contribution in [0.3, 0.4) is 0 Å². The molecule has 0 fully saturated rings. The van der Waals surface area contributed by atoms with Gasteiger partial charge in [-0.1, -0.05) is 6.07 Å². The standard InChI is InChI=1S/C16H17N3O3S2/c1-10-11(2)23-15(14(10)9-17)18-24(21,22)13-7-5-6-12(8-13)16(20)19(3)4/h5-8,18H,1-4H3. The number of thiophene rings is 1. The molecule has 0 aliphatic heterocycles. The third-order valence-corrected chi connectivity index (χ3v) is 6.12. The topological polar surface area (TPSA) is 90.3 Å². The Bertz CT molecular complexity index is 938. The van der Waals surface area contributed by atoms with Gasteiger partial charge in [0, 0.05) is 24.5 Å². The van der Waals surface area contributed by atoms with Crippen molar-refractivity contribution in [1.29, 1.82) is 5.26 Å². The average Bonchev–Trinajstić information content (AvgIpc) is 2.79. The van der Waals surface area contributed by atoms with E-state index in [2.05, 4.69) is 4.72 Å². The maximum absolute atomic E-state index is 12.6. The molecule has 1 amide bonds. The van der Waals surface area contributed by atoms with Gasteiger partial charge in [0.25, 0.3) is 15.9 Å². The van der Waals surface area contributed by atoms with Crippen molar-refractivity contribution >= 4 is 32.3 Å². The monoisotopic (exact) mass is 363 g/mol. The number of amides is 1. The minimum absolute atomic E-state index is 0.0252. The van der Waals surface area contributed by atoms with Gasteiger partial charge in [-0.25, -0.2) is 8.42 Å². The van der Waals surface area contributed by atoms with Crippen LogP contribution in [0, 0.1) is 25.2 Å². The first kappa shape index (κ1) is 18.0. The number of sulfonamides is 1. The number of aryl methyl sites for hydroxylation is 1. The van der Waals surface area contributed by atoms with Crippen molar-refractivity contribution in [2.75, 3.05) is 18.8 Å². The fraction of sp³-hybridized carbons (Fsp3) is 0.250. The molecule has 0 saturated heterocycles. The molecule has 0 spiro atoms. The van der Waals surface area contributed by atoms with Gasteiger partial charge in [0.05, 0.1) is 10.5 Å². The number of carbonyl (C=O) groups is 1. The van der Waals surface area contributed by atoms with Gasteiger partial charge in [0.2, 0.25) is 0 Å². The van der Waals surface area contributed by atoms with Crippen molar-refractivity contribution in [3.63, 3.8) is 0 Å². The highest BCUT2D eigenvalue weighted by Gasteiger charge is 2.21. The minimum Gasteiger partial charge on any atom is -0.345 e. The van der Waals surface area contributed by atoms with E-state index in [-0.39, 0.29) is 21.4 Å². The third-order valence-electron chi connectivity index (χ3n) is 3.52. The number of nitrogens with one attached hydrogen (secondary N) is 1. The summed E-state index contributed by atoms with van der Waals surface area (Å²) in [5.74, 6) is -0.285. The molecule has 0 saturated carbocycles. The lowest BCUT2D eigenvalue weighted by Gasteiger charge is -2.12. The Morgan fingerprint density at radius 1 is 1.29 bits per heavy atom. The van der Waals surface area contributed by atoms with Crippen LogP contribution in [0.1, 0.15) is 26.4 Å². The Kier molecular flexibility index (Phi) is 4.96. The molecule has 1 aromatic heterocycles. The van der Waals surface area contributed by atoms with Crippen LogP contribution in [0.25, 0.3) is 0 Å². The fourth-order valence-electron chi connectivity index (χ4n) is 2.07. The van der Waals surface area contributed by atoms with Gasteiger partial charge in [-0.15, -0.1) is 11.3 Å². The number of nitrogens with zero attached hydrogens (tertiary/aromatic N) is 2. The van der Waals surface area contributed by atoms with Gasteiger partial charge in [-0.3, -0.25) is 9.52 Å². The highest BCUT2D eigenvalue weighted by Crippen LogP contribution is 2.33. The summed E-state index contributed by atoms with van der Waals surface area (Å²) in [6.07, 6.45) is 0. The Morgan fingerprint density at radius 3 is 2.54 bits per heavy atom. The summed E-state index contributed by atoms with van der Waals surface area (Å²) in [6.45, 7) is 3.60. The van der Waals surface area contributed by atoms with E-state index < -0.39 is 10.0 Å². The lowest BCUT2D eigenvalue weighted by Crippen LogP contribution is -2.22. The SMILES string of the molecule is Cc1sc(NS(=O)(=O)c2cccc(C(=O)N(C)C)c2)c(C#N)c1C. The zero-order chi connectivity index (χ0) is 18.1. The van der Waals surface area contributed by atoms with Crippen LogP contribution in [-0.2, 0) is 10.0 Å². The van der Waals surface area contributed by atoms with Gasteiger partial charge in [-0.2, -0.15) is 5.26 Å². The van der Waals surface area contributed by atoms with Gasteiger partial charge < -0.3 is 4.90 Å². The van der Waals surface area contributed by atoms with E-state index in [1.54, 1.807) is 27.1 Å². The van der Waals surface area contributed by atoms with Crippen LogP contribution < -0.4 is 4.72 Å². The molecule has 24 heavy (non-hydrogen) atoms. The van der Waals surface area contributed by atoms with Crippen LogP contribution in [0.15, 0.2) is 29.2 Å². The number of hydrogen-bond donors (Lipinski definition) is 1. The maximum atomic E-state index is 12.6. The van der Waals surface area contributed by atoms with Gasteiger partial charge >= 0.3 is 0 Å². The molecule has 0 bridgehead atoms. The summed E-state index contributed by atoms with van der Waals surface area (Å²) in [6, 6.07) is 7.83. The molecule has 8 heteroatoms. The molecule has 1 heterocycles. The number of nitriles is 1. The van der Waals surface area contributed by atoms with Crippen LogP contribution in [0.5, 0.6) is 0 Å². The Hall–Kier alpha value is -2.37. The second kappa shape index (κ2) is 6.63. The summed E-state index contributed by atoms with van der Waals surface area (Å²) < 4.78 is 27.6. The lowest BCUT2D eigenvalue weighted by atomic mass is 10.2. The Labute approximate surface area is 145 Å². The molecule has 1 N–H and O–H groups in total. The van der Waals surface area contributed by atoms with E-state index in [4.69, 9.17) is 0 Å². The predicted molar refractivity (Wildman–Crippen MR) is 93.8 cm³/mol. The number of benzene rings is 1. The Balaban J connectivity index is 2.42. The molecule has 2 rings (SSSR count). The van der Waals surface area contributed by atoms with Crippen molar-refractivity contribution in [3.8, 4) is 6.07 Å². The van der Waals surface area contributed by atoms with Gasteiger partial charge in [0.15, 0.2) is 0 Å². The van der Waals surface area contributed by atoms with E-state index in [9.17, 15) is 18.5 Å². The zero-order valence-corrected chi connectivity index (χ0v) is 15.4. The van der Waals surface area contributed by atoms with Crippen molar-refractivity contribution in [1.82, 2.24) is 4.90 Å². The summed E-state index contributed by atoms with van der Waals surface area (Å²) in [7, 11) is -0.702. The largest absolute Gasteiger partial charge is 0.345 e. The second-order valence-corrected chi connectivity index (χ2v) is 8.34. The van der Waals surface area contributed by atoms with Crippen LogP contribution in [0.2, 0.25) is 0 Å². The van der Waals surface area contributed by atoms with E-state index in [0.717, 1.165) is 10.4 Å².